The largest absolute Gasteiger partial charge is 0.482 e. The summed E-state index contributed by atoms with van der Waals surface area (Å²) < 4.78 is 6.23. The molecule has 0 saturated carbocycles. The molecule has 0 aliphatic heterocycles. The van der Waals surface area contributed by atoms with Crippen molar-refractivity contribution in [2.45, 2.75) is 0 Å². The van der Waals surface area contributed by atoms with Gasteiger partial charge in [-0.05, 0) is 35.9 Å². The molecule has 1 amide bonds. The maximum atomic E-state index is 11.6. The van der Waals surface area contributed by atoms with E-state index in [0.717, 1.165) is 10.0 Å². The fourth-order valence-corrected chi connectivity index (χ4v) is 2.41. The molecule has 114 valence electrons. The number of hydrogen-bond acceptors (Lipinski definition) is 3. The van der Waals surface area contributed by atoms with Crippen LogP contribution in [-0.4, -0.2) is 18.7 Å². The lowest BCUT2D eigenvalue weighted by Crippen LogP contribution is -2.24. The van der Waals surface area contributed by atoms with E-state index in [2.05, 4.69) is 26.5 Å². The molecule has 0 saturated heterocycles. The maximum absolute atomic E-state index is 11.6. The number of hydrogen-bond donors (Lipinski definition) is 1. The highest BCUT2D eigenvalue weighted by molar-refractivity contribution is 9.10. The predicted molar refractivity (Wildman–Crippen MR) is 91.8 cm³/mol. The second kappa shape index (κ2) is 8.17. The highest BCUT2D eigenvalue weighted by Crippen LogP contribution is 2.27. The monoisotopic (exact) mass is 400 g/mol. The molecule has 2 rings (SSSR count). The Morgan fingerprint density at radius 1 is 1.27 bits per heavy atom. The Hall–Kier alpha value is -1.56. The second-order valence-corrected chi connectivity index (χ2v) is 5.97. The van der Waals surface area contributed by atoms with E-state index in [4.69, 9.17) is 27.9 Å². The van der Waals surface area contributed by atoms with Crippen LogP contribution in [0, 0.1) is 0 Å². The lowest BCUT2D eigenvalue weighted by atomic mass is 10.2. The van der Waals surface area contributed by atoms with Crippen molar-refractivity contribution in [1.29, 1.82) is 0 Å². The summed E-state index contributed by atoms with van der Waals surface area (Å²) in [6.07, 6.45) is 1.54. The number of carbonyl (C=O) groups is 1. The van der Waals surface area contributed by atoms with Crippen molar-refractivity contribution in [2.75, 3.05) is 6.61 Å². The quantitative estimate of drug-likeness (QED) is 0.600. The molecule has 0 atom stereocenters. The predicted octanol–water partition coefficient (Wildman–Crippen LogP) is 4.29. The van der Waals surface area contributed by atoms with Gasteiger partial charge >= 0.3 is 0 Å². The second-order valence-electron chi connectivity index (χ2n) is 4.21. The molecule has 0 fully saturated rings. The highest BCUT2D eigenvalue weighted by Gasteiger charge is 2.05. The van der Waals surface area contributed by atoms with E-state index in [1.54, 1.807) is 18.2 Å². The topological polar surface area (TPSA) is 50.7 Å². The summed E-state index contributed by atoms with van der Waals surface area (Å²) in [6, 6.07) is 12.3. The maximum Gasteiger partial charge on any atom is 0.277 e. The number of rotatable bonds is 5. The Balaban J connectivity index is 1.83. The van der Waals surface area contributed by atoms with Crippen LogP contribution < -0.4 is 10.2 Å². The summed E-state index contributed by atoms with van der Waals surface area (Å²) in [6.45, 7) is -0.197. The van der Waals surface area contributed by atoms with Crippen molar-refractivity contribution in [3.8, 4) is 5.75 Å². The normalized spacial score (nSPS) is 10.7. The molecule has 0 bridgehead atoms. The van der Waals surface area contributed by atoms with Gasteiger partial charge < -0.3 is 4.74 Å². The molecule has 7 heteroatoms. The number of halogens is 3. The Morgan fingerprint density at radius 2 is 2.09 bits per heavy atom. The van der Waals surface area contributed by atoms with Crippen molar-refractivity contribution >= 4 is 51.3 Å². The lowest BCUT2D eigenvalue weighted by Gasteiger charge is -2.06. The fraction of sp³-hybridized carbons (Fsp3) is 0.0667. The van der Waals surface area contributed by atoms with E-state index in [9.17, 15) is 4.79 Å². The van der Waals surface area contributed by atoms with Gasteiger partial charge in [0.15, 0.2) is 6.61 Å². The number of ether oxygens (including phenoxy) is 1. The van der Waals surface area contributed by atoms with E-state index >= 15 is 0 Å². The average Bonchev–Trinajstić information content (AvgIpc) is 2.46. The minimum Gasteiger partial charge on any atom is -0.482 e. The van der Waals surface area contributed by atoms with Crippen LogP contribution in [0.5, 0.6) is 5.75 Å². The first-order valence-electron chi connectivity index (χ1n) is 6.20. The minimum absolute atomic E-state index is 0.197. The standard InChI is InChI=1S/C15H11BrCl2N2O2/c16-11-3-1-2-10(6-11)8-19-20-15(21)9-22-14-5-4-12(17)7-13(14)18/h1-8H,9H2,(H,20,21)/b19-8+. The molecule has 0 spiro atoms. The van der Waals surface area contributed by atoms with Gasteiger partial charge in [0.1, 0.15) is 5.75 Å². The smallest absolute Gasteiger partial charge is 0.277 e. The van der Waals surface area contributed by atoms with Gasteiger partial charge in [0.25, 0.3) is 5.91 Å². The summed E-state index contributed by atoms with van der Waals surface area (Å²) in [7, 11) is 0. The highest BCUT2D eigenvalue weighted by atomic mass is 79.9. The molecule has 0 aromatic heterocycles. The van der Waals surface area contributed by atoms with Crippen molar-refractivity contribution in [1.82, 2.24) is 5.43 Å². The van der Waals surface area contributed by atoms with E-state index < -0.39 is 5.91 Å². The molecule has 2 aromatic rings. The van der Waals surface area contributed by atoms with Crippen LogP contribution in [-0.2, 0) is 4.79 Å². The Kier molecular flexibility index (Phi) is 6.24. The average molecular weight is 402 g/mol. The van der Waals surface area contributed by atoms with Gasteiger partial charge in [-0.15, -0.1) is 0 Å². The third kappa shape index (κ3) is 5.33. The molecule has 0 unspecified atom stereocenters. The summed E-state index contributed by atoms with van der Waals surface area (Å²) >= 11 is 15.1. The SMILES string of the molecule is O=C(COc1ccc(Cl)cc1Cl)N/N=C/c1cccc(Br)c1. The van der Waals surface area contributed by atoms with E-state index in [1.807, 2.05) is 24.3 Å². The zero-order valence-electron chi connectivity index (χ0n) is 11.2. The first-order chi connectivity index (χ1) is 10.5. The van der Waals surface area contributed by atoms with Gasteiger partial charge in [0, 0.05) is 9.50 Å². The first kappa shape index (κ1) is 16.8. The first-order valence-corrected chi connectivity index (χ1v) is 7.75. The van der Waals surface area contributed by atoms with Crippen molar-refractivity contribution in [3.05, 3.63) is 62.5 Å². The van der Waals surface area contributed by atoms with Crippen LogP contribution in [0.1, 0.15) is 5.56 Å². The lowest BCUT2D eigenvalue weighted by molar-refractivity contribution is -0.123. The van der Waals surface area contributed by atoms with Gasteiger partial charge in [0.2, 0.25) is 0 Å². The van der Waals surface area contributed by atoms with Crippen molar-refractivity contribution < 1.29 is 9.53 Å². The van der Waals surface area contributed by atoms with Crippen LogP contribution in [0.4, 0.5) is 0 Å². The third-order valence-corrected chi connectivity index (χ3v) is 3.53. The fourth-order valence-electron chi connectivity index (χ4n) is 1.53. The summed E-state index contributed by atoms with van der Waals surface area (Å²) in [5.41, 5.74) is 3.23. The van der Waals surface area contributed by atoms with Gasteiger partial charge in [-0.3, -0.25) is 4.79 Å². The van der Waals surface area contributed by atoms with E-state index in [1.165, 1.54) is 6.21 Å². The van der Waals surface area contributed by atoms with Crippen molar-refractivity contribution in [2.24, 2.45) is 5.10 Å². The number of amides is 1. The Bertz CT molecular complexity index is 708. The molecule has 0 aliphatic carbocycles. The van der Waals surface area contributed by atoms with E-state index in [0.29, 0.717) is 15.8 Å². The Morgan fingerprint density at radius 3 is 2.82 bits per heavy atom. The minimum atomic E-state index is -0.391. The molecule has 0 heterocycles. The molecule has 22 heavy (non-hydrogen) atoms. The van der Waals surface area contributed by atoms with E-state index in [-0.39, 0.29) is 6.61 Å². The van der Waals surface area contributed by atoms with Gasteiger partial charge in [-0.1, -0.05) is 51.3 Å². The molecular formula is C15H11BrCl2N2O2. The van der Waals surface area contributed by atoms with Gasteiger partial charge in [0.05, 0.1) is 11.2 Å². The molecule has 2 aromatic carbocycles. The van der Waals surface area contributed by atoms with Gasteiger partial charge in [-0.2, -0.15) is 5.10 Å². The number of nitrogens with zero attached hydrogens (tertiary/aromatic N) is 1. The molecule has 1 N–H and O–H groups in total. The molecule has 4 nitrogen and oxygen atoms in total. The third-order valence-electron chi connectivity index (χ3n) is 2.50. The summed E-state index contributed by atoms with van der Waals surface area (Å²) in [5, 5.41) is 4.70. The van der Waals surface area contributed by atoms with Crippen LogP contribution in [0.25, 0.3) is 0 Å². The molecule has 0 radical (unpaired) electrons. The van der Waals surface area contributed by atoms with Crippen LogP contribution in [0.3, 0.4) is 0 Å². The van der Waals surface area contributed by atoms with Crippen LogP contribution in [0.2, 0.25) is 10.0 Å². The number of hydrazone groups is 1. The molecular weight excluding hydrogens is 391 g/mol. The number of benzene rings is 2. The Labute approximate surface area is 146 Å². The van der Waals surface area contributed by atoms with Crippen LogP contribution >= 0.6 is 39.1 Å². The molecule has 0 aliphatic rings. The van der Waals surface area contributed by atoms with Crippen molar-refractivity contribution in [3.63, 3.8) is 0 Å². The summed E-state index contributed by atoms with van der Waals surface area (Å²) in [4.78, 5) is 11.6. The number of carbonyl (C=O) groups excluding carboxylic acids is 1. The zero-order valence-corrected chi connectivity index (χ0v) is 14.3. The van der Waals surface area contributed by atoms with Crippen LogP contribution in [0.15, 0.2) is 52.0 Å². The summed E-state index contributed by atoms with van der Waals surface area (Å²) in [5.74, 6) is -0.00514. The zero-order chi connectivity index (χ0) is 15.9. The van der Waals surface area contributed by atoms with Gasteiger partial charge in [-0.25, -0.2) is 5.43 Å². The number of nitrogens with one attached hydrogen (secondary N) is 1.